The fraction of sp³-hybridized carbons (Fsp3) is 0. The Hall–Kier alpha value is -8.67. The van der Waals surface area contributed by atoms with Crippen molar-refractivity contribution in [2.24, 2.45) is 0 Å². The second-order valence-electron chi connectivity index (χ2n) is 16.4. The molecule has 10 aromatic carbocycles. The maximum absolute atomic E-state index is 5.18. The summed E-state index contributed by atoms with van der Waals surface area (Å²) in [6.45, 7) is 0. The molecule has 0 bridgehead atoms. The van der Waals surface area contributed by atoms with Crippen LogP contribution in [0.1, 0.15) is 0 Å². The van der Waals surface area contributed by atoms with Gasteiger partial charge in [0.2, 0.25) is 0 Å². The van der Waals surface area contributed by atoms with Crippen LogP contribution in [0.15, 0.2) is 224 Å². The highest BCUT2D eigenvalue weighted by Gasteiger charge is 2.21. The number of aromatic nitrogens is 5. The van der Waals surface area contributed by atoms with Crippen LogP contribution in [0.3, 0.4) is 0 Å². The van der Waals surface area contributed by atoms with Crippen LogP contribution in [0.25, 0.3) is 122 Å². The van der Waals surface area contributed by atoms with E-state index in [0.717, 1.165) is 55.4 Å². The number of benzene rings is 10. The molecule has 0 fully saturated rings. The molecule has 0 unspecified atom stereocenters. The Morgan fingerprint density at radius 1 is 0.266 bits per heavy atom. The molecule has 0 aliphatic rings. The summed E-state index contributed by atoms with van der Waals surface area (Å²) < 4.78 is 4.85. The van der Waals surface area contributed by atoms with E-state index >= 15 is 0 Å². The minimum Gasteiger partial charge on any atom is -0.309 e. The Morgan fingerprint density at radius 2 is 0.844 bits per heavy atom. The Morgan fingerprint density at radius 3 is 1.62 bits per heavy atom. The van der Waals surface area contributed by atoms with E-state index in [0.29, 0.717) is 17.5 Å². The molecule has 5 nitrogen and oxygen atoms in total. The van der Waals surface area contributed by atoms with Crippen molar-refractivity contribution in [1.82, 2.24) is 24.1 Å². The van der Waals surface area contributed by atoms with E-state index in [2.05, 4.69) is 209 Å². The molecular formula is C59H37N5. The van der Waals surface area contributed by atoms with Crippen LogP contribution in [0.5, 0.6) is 0 Å². The molecule has 3 aromatic heterocycles. The van der Waals surface area contributed by atoms with E-state index in [1.807, 2.05) is 24.3 Å². The second kappa shape index (κ2) is 14.5. The molecule has 0 amide bonds. The summed E-state index contributed by atoms with van der Waals surface area (Å²) in [4.78, 5) is 15.3. The van der Waals surface area contributed by atoms with Gasteiger partial charge in [-0.05, 0) is 81.2 Å². The normalized spacial score (nSPS) is 11.8. The number of hydrogen-bond acceptors (Lipinski definition) is 3. The van der Waals surface area contributed by atoms with Crippen molar-refractivity contribution in [2.75, 3.05) is 0 Å². The van der Waals surface area contributed by atoms with Crippen molar-refractivity contribution in [3.8, 4) is 56.7 Å². The third kappa shape index (κ3) is 5.75. The highest BCUT2D eigenvalue weighted by molar-refractivity contribution is 6.25. The minimum absolute atomic E-state index is 0.634. The molecule has 64 heavy (non-hydrogen) atoms. The van der Waals surface area contributed by atoms with E-state index in [1.54, 1.807) is 0 Å². The van der Waals surface area contributed by atoms with E-state index in [4.69, 9.17) is 15.0 Å². The summed E-state index contributed by atoms with van der Waals surface area (Å²) >= 11 is 0. The molecule has 0 saturated carbocycles. The first-order chi connectivity index (χ1) is 31.7. The lowest BCUT2D eigenvalue weighted by Crippen LogP contribution is -2.01. The van der Waals surface area contributed by atoms with Gasteiger partial charge in [-0.2, -0.15) is 0 Å². The molecule has 13 aromatic rings. The zero-order valence-electron chi connectivity index (χ0n) is 34.6. The lowest BCUT2D eigenvalue weighted by Gasteiger charge is -2.13. The number of hydrogen-bond donors (Lipinski definition) is 0. The minimum atomic E-state index is 0.634. The first-order valence-corrected chi connectivity index (χ1v) is 21.7. The van der Waals surface area contributed by atoms with Gasteiger partial charge in [0.05, 0.1) is 22.1 Å². The quantitative estimate of drug-likeness (QED) is 0.168. The first kappa shape index (κ1) is 36.0. The summed E-state index contributed by atoms with van der Waals surface area (Å²) in [6, 6.07) is 79.9. The predicted octanol–water partition coefficient (Wildman–Crippen LogP) is 15.0. The lowest BCUT2D eigenvalue weighted by atomic mass is 10.0. The summed E-state index contributed by atoms with van der Waals surface area (Å²) in [5.74, 6) is 1.91. The van der Waals surface area contributed by atoms with Crippen molar-refractivity contribution >= 4 is 65.2 Å². The molecule has 0 saturated heterocycles. The monoisotopic (exact) mass is 815 g/mol. The molecule has 0 aliphatic heterocycles. The lowest BCUT2D eigenvalue weighted by molar-refractivity contribution is 1.08. The summed E-state index contributed by atoms with van der Waals surface area (Å²) in [7, 11) is 0. The molecule has 13 rings (SSSR count). The molecule has 5 heteroatoms. The van der Waals surface area contributed by atoms with Crippen LogP contribution in [-0.4, -0.2) is 24.1 Å². The molecule has 0 radical (unpaired) electrons. The SMILES string of the molecule is c1ccc(-c2ccc(-c3nc(-c4ccccc4)nc(-c4cccc5cc(-n6c7ccccc7c7cc8c9c%10ccccc%10ccc9n(-c9ccccc9)c8cc76)ccc45)n3)cc2)cc1. The third-order valence-electron chi connectivity index (χ3n) is 12.7. The summed E-state index contributed by atoms with van der Waals surface area (Å²) in [5, 5.41) is 9.63. The van der Waals surface area contributed by atoms with E-state index in [1.165, 1.54) is 48.9 Å². The molecule has 3 heterocycles. The molecule has 0 atom stereocenters. The predicted molar refractivity (Wildman–Crippen MR) is 265 cm³/mol. The Balaban J connectivity index is 0.998. The molecular weight excluding hydrogens is 779 g/mol. The first-order valence-electron chi connectivity index (χ1n) is 21.7. The highest BCUT2D eigenvalue weighted by atomic mass is 15.0. The van der Waals surface area contributed by atoms with Crippen LogP contribution in [0, 0.1) is 0 Å². The van der Waals surface area contributed by atoms with Crippen molar-refractivity contribution in [1.29, 1.82) is 0 Å². The van der Waals surface area contributed by atoms with Crippen molar-refractivity contribution in [2.45, 2.75) is 0 Å². The maximum Gasteiger partial charge on any atom is 0.164 e. The average Bonchev–Trinajstić information content (AvgIpc) is 3.88. The van der Waals surface area contributed by atoms with Crippen LogP contribution < -0.4 is 0 Å². The van der Waals surface area contributed by atoms with Gasteiger partial charge in [0, 0.05) is 49.6 Å². The highest BCUT2D eigenvalue weighted by Crippen LogP contribution is 2.42. The molecule has 298 valence electrons. The van der Waals surface area contributed by atoms with Gasteiger partial charge in [-0.3, -0.25) is 0 Å². The van der Waals surface area contributed by atoms with Crippen LogP contribution in [-0.2, 0) is 0 Å². The van der Waals surface area contributed by atoms with Gasteiger partial charge in [0.1, 0.15) is 0 Å². The van der Waals surface area contributed by atoms with Crippen molar-refractivity contribution in [3.63, 3.8) is 0 Å². The Kier molecular flexibility index (Phi) is 8.15. The summed E-state index contributed by atoms with van der Waals surface area (Å²) in [5.41, 5.74) is 12.1. The maximum atomic E-state index is 5.18. The van der Waals surface area contributed by atoms with Crippen molar-refractivity contribution < 1.29 is 0 Å². The zero-order valence-corrected chi connectivity index (χ0v) is 34.6. The van der Waals surface area contributed by atoms with E-state index in [9.17, 15) is 0 Å². The smallest absolute Gasteiger partial charge is 0.164 e. The molecule has 0 spiro atoms. The fourth-order valence-corrected chi connectivity index (χ4v) is 9.77. The largest absolute Gasteiger partial charge is 0.309 e. The summed E-state index contributed by atoms with van der Waals surface area (Å²) in [6.07, 6.45) is 0. The molecule has 0 N–H and O–H groups in total. The van der Waals surface area contributed by atoms with Gasteiger partial charge in [0.15, 0.2) is 17.5 Å². The number of rotatable bonds is 6. The van der Waals surface area contributed by atoms with Crippen LogP contribution in [0.2, 0.25) is 0 Å². The zero-order chi connectivity index (χ0) is 42.1. The van der Waals surface area contributed by atoms with Gasteiger partial charge in [-0.1, -0.05) is 176 Å². The average molecular weight is 816 g/mol. The van der Waals surface area contributed by atoms with Gasteiger partial charge < -0.3 is 9.13 Å². The van der Waals surface area contributed by atoms with Gasteiger partial charge in [0.25, 0.3) is 0 Å². The number of fused-ring (bicyclic) bond motifs is 9. The van der Waals surface area contributed by atoms with E-state index < -0.39 is 0 Å². The Labute approximate surface area is 368 Å². The van der Waals surface area contributed by atoms with E-state index in [-0.39, 0.29) is 0 Å². The second-order valence-corrected chi connectivity index (χ2v) is 16.4. The topological polar surface area (TPSA) is 48.5 Å². The Bertz CT molecular complexity index is 3930. The van der Waals surface area contributed by atoms with Gasteiger partial charge in [-0.25, -0.2) is 15.0 Å². The van der Waals surface area contributed by atoms with Gasteiger partial charge in [-0.15, -0.1) is 0 Å². The standard InChI is InChI=1S/C59H37N5/c1-4-15-38(16-5-1)39-27-29-42(30-28-39)58-60-57(41-18-6-2-7-19-41)61-59(62-58)49-25-14-20-43-35-45(32-33-46(43)49)64-52-26-13-12-24-48(52)50-36-51-55(37-54(50)64)63(44-21-8-3-9-22-44)53-34-31-40-17-10-11-23-47(40)56(51)53/h1-37H. The van der Waals surface area contributed by atoms with Gasteiger partial charge >= 0.3 is 0 Å². The number of para-hydroxylation sites is 2. The third-order valence-corrected chi connectivity index (χ3v) is 12.7. The van der Waals surface area contributed by atoms with Crippen LogP contribution >= 0.6 is 0 Å². The fourth-order valence-electron chi connectivity index (χ4n) is 9.77. The molecule has 0 aliphatic carbocycles. The number of nitrogens with zero attached hydrogens (tertiary/aromatic N) is 5. The van der Waals surface area contributed by atoms with Crippen molar-refractivity contribution in [3.05, 3.63) is 224 Å². The van der Waals surface area contributed by atoms with Crippen LogP contribution in [0.4, 0.5) is 0 Å².